The molecule has 0 spiro atoms. The highest BCUT2D eigenvalue weighted by Gasteiger charge is 2.53. The van der Waals surface area contributed by atoms with Crippen molar-refractivity contribution in [3.05, 3.63) is 239 Å². The zero-order valence-electron chi connectivity index (χ0n) is 66.9. The summed E-state index contributed by atoms with van der Waals surface area (Å²) >= 11 is 0. The van der Waals surface area contributed by atoms with Gasteiger partial charge in [-0.1, -0.05) is 12.1 Å². The summed E-state index contributed by atoms with van der Waals surface area (Å²) in [5, 5.41) is 33.7. The van der Waals surface area contributed by atoms with Crippen LogP contribution in [0.3, 0.4) is 0 Å². The number of fused-ring (bicyclic) bond motifs is 8. The molecule has 3 N–H and O–H groups in total. The van der Waals surface area contributed by atoms with Crippen molar-refractivity contribution in [1.82, 2.24) is 94.5 Å². The van der Waals surface area contributed by atoms with Gasteiger partial charge < -0.3 is 45.0 Å². The number of aryl methyl sites for hydroxylation is 2. The van der Waals surface area contributed by atoms with Gasteiger partial charge in [0.15, 0.2) is 11.6 Å². The first kappa shape index (κ1) is 84.5. The average Bonchev–Trinajstić information content (AvgIpc) is 1.62. The van der Waals surface area contributed by atoms with Gasteiger partial charge in [0.1, 0.15) is 40.5 Å². The lowest BCUT2D eigenvalue weighted by molar-refractivity contribution is -0.141. The van der Waals surface area contributed by atoms with Gasteiger partial charge in [-0.2, -0.15) is 71.3 Å². The van der Waals surface area contributed by atoms with Gasteiger partial charge in [0.2, 0.25) is 17.8 Å². The van der Waals surface area contributed by atoms with E-state index in [-0.39, 0.29) is 124 Å². The fourth-order valence-electron chi connectivity index (χ4n) is 19.0. The van der Waals surface area contributed by atoms with E-state index in [2.05, 4.69) is 76.4 Å². The zero-order valence-corrected chi connectivity index (χ0v) is 66.9. The highest BCUT2D eigenvalue weighted by Crippen LogP contribution is 2.48. The van der Waals surface area contributed by atoms with Crippen molar-refractivity contribution in [3.8, 4) is 28.7 Å². The maximum atomic E-state index is 14.1. The van der Waals surface area contributed by atoms with Crippen LogP contribution in [0.4, 0.5) is 66.0 Å². The van der Waals surface area contributed by atoms with Crippen LogP contribution in [-0.4, -0.2) is 200 Å². The number of hydrogen-bond donors (Lipinski definition) is 3. The molecule has 28 nitrogen and oxygen atoms in total. The first-order valence-electron chi connectivity index (χ1n) is 40.5. The summed E-state index contributed by atoms with van der Waals surface area (Å²) in [5.74, 6) is -1.94. The molecule has 8 fully saturated rings. The number of methoxy groups -OCH3 is 1. The van der Waals surface area contributed by atoms with Crippen LogP contribution in [0.5, 0.6) is 11.6 Å². The van der Waals surface area contributed by atoms with Crippen LogP contribution < -0.4 is 25.4 Å². The molecule has 0 aliphatic carbocycles. The lowest BCUT2D eigenvalue weighted by atomic mass is 9.89. The first-order chi connectivity index (χ1) is 59.7. The van der Waals surface area contributed by atoms with E-state index >= 15 is 0 Å². The predicted octanol–water partition coefficient (Wildman–Crippen LogP) is 13.6. The average molecular weight is 1720 g/mol. The molecule has 39 heteroatoms. The number of aromatic nitrogens is 15. The fraction of sp³-hybridized carbons (Fsp3) is 0.388. The molecule has 15 heterocycles. The van der Waals surface area contributed by atoms with E-state index in [1.807, 2.05) is 29.7 Å². The summed E-state index contributed by atoms with van der Waals surface area (Å²) in [6, 6.07) is 25.8. The molecule has 11 aromatic rings. The molecule has 12 unspecified atom stereocenters. The van der Waals surface area contributed by atoms with Crippen molar-refractivity contribution in [2.45, 2.75) is 152 Å². The van der Waals surface area contributed by atoms with E-state index < -0.39 is 52.8 Å². The van der Waals surface area contributed by atoms with Crippen LogP contribution in [0.1, 0.15) is 141 Å². The third-order valence-electron chi connectivity index (χ3n) is 24.2. The van der Waals surface area contributed by atoms with Crippen molar-refractivity contribution in [1.29, 1.82) is 0 Å². The molecular weight excluding hydrogens is 1630 g/mol. The van der Waals surface area contributed by atoms with Crippen LogP contribution in [0.2, 0.25) is 0 Å². The van der Waals surface area contributed by atoms with Gasteiger partial charge in [-0.15, -0.1) is 0 Å². The number of nitrogens with zero attached hydrogens (tertiary/aromatic N) is 19. The largest absolute Gasteiger partial charge is 0.493 e. The Labute approximate surface area is 702 Å². The van der Waals surface area contributed by atoms with Crippen molar-refractivity contribution in [2.24, 2.45) is 23.7 Å². The molecular formula is C85H83F11N22O6. The molecule has 0 saturated carbocycles. The van der Waals surface area contributed by atoms with E-state index in [0.29, 0.717) is 79.5 Å². The van der Waals surface area contributed by atoms with E-state index in [1.165, 1.54) is 144 Å². The standard InChI is InChI=1S/C22H20F4N6O.C22H24FN7O.C21H19F4N7O.C20H20F2N2O3/c23-14-4-6-18(32-28-8-9-29-32)16(11-14)21(33)31-15-5-7-17(31)13(10-15)12-27-20-3-1-2-19(30-20)22(24,25)26;1-13-9-14(2)28-22(27-13)24-12-15-10-17-4-6-19(15)29(17)21(31)18-11-16(23)3-5-20(18)30-25-7-8-26-30;22-13-1-3-17(32-28-7-8-29-32)15(10-13)19(33)31-14-2-4-16(31)12(9-14)11-27-20-26-6-5-18(30-20)21(23,24)25;1-26-19-15(3-2-4-16(19)22)20(25)24-14-6-7-17(24)12(9-14)11-27-18-8-5-13(21)10-23-18/h1-4,6,8-9,11,13,15,17H,5,7,10,12H2,(H,27,30);3,5,7-9,11,15,17,19H,4,6,10,12H2,1-2H3,(H,24,27,28);1,3,5-8,10,12,14,16H,2,4,9,11H2,(H,26,27,30);2-5,8,10,12,14,17H,6-7,9,11H2,1H3. The second kappa shape index (κ2) is 35.7. The minimum atomic E-state index is -4.55. The number of ether oxygens (including phenoxy) is 2. The smallest absolute Gasteiger partial charge is 0.433 e. The predicted molar refractivity (Wildman–Crippen MR) is 424 cm³/mol. The maximum absolute atomic E-state index is 14.1. The Balaban J connectivity index is 0.000000123. The molecule has 8 bridgehead atoms. The highest BCUT2D eigenvalue weighted by molar-refractivity contribution is 6.00. The Bertz CT molecular complexity index is 5460. The molecule has 8 aliphatic heterocycles. The second-order valence-electron chi connectivity index (χ2n) is 31.7. The Morgan fingerprint density at radius 1 is 0.411 bits per heavy atom. The summed E-state index contributed by atoms with van der Waals surface area (Å²) in [6.07, 6.45) is 12.1. The SMILES string of the molecule is COc1c(F)cccc1C(=O)N1C2CCC1C(COc1ccc(F)cn1)C2.Cc1cc(C)nc(NCC2CC3CCC2N3C(=O)c2cc(F)ccc2-n2nccn2)n1.O=C(c1cc(F)ccc1-n1nccn1)N1C2CCC1C(CNc1cccc(C(F)(F)F)n1)C2.O=C(c1cc(F)ccc1-n1nccn1)N1C2CCC1C(CNc1nccc(C(F)(F)F)n1)C2. The number of hydrogen-bond acceptors (Lipinski definition) is 21. The molecule has 124 heavy (non-hydrogen) atoms. The van der Waals surface area contributed by atoms with E-state index in [4.69, 9.17) is 9.47 Å². The van der Waals surface area contributed by atoms with Crippen LogP contribution in [0, 0.1) is 66.6 Å². The number of anilines is 3. The van der Waals surface area contributed by atoms with Crippen molar-refractivity contribution in [2.75, 3.05) is 49.3 Å². The Morgan fingerprint density at radius 2 is 0.815 bits per heavy atom. The molecule has 8 aliphatic rings. The Kier molecular flexibility index (Phi) is 24.4. The summed E-state index contributed by atoms with van der Waals surface area (Å²) in [4.78, 5) is 88.7. The minimum absolute atomic E-state index is 0.00526. The molecule has 4 amide bonds. The Morgan fingerprint density at radius 3 is 1.25 bits per heavy atom. The lowest BCUT2D eigenvalue weighted by Crippen LogP contribution is -2.38. The quantitative estimate of drug-likeness (QED) is 0.0597. The van der Waals surface area contributed by atoms with E-state index in [9.17, 15) is 67.5 Å². The molecule has 12 atom stereocenters. The van der Waals surface area contributed by atoms with Gasteiger partial charge >= 0.3 is 12.4 Å². The van der Waals surface area contributed by atoms with Gasteiger partial charge in [0, 0.05) is 97.5 Å². The normalized spacial score (nSPS) is 22.4. The molecule has 8 saturated heterocycles. The highest BCUT2D eigenvalue weighted by atomic mass is 19.4. The summed E-state index contributed by atoms with van der Waals surface area (Å²) in [6.45, 7) is 5.71. The number of carbonyl (C=O) groups excluding carboxylic acids is 4. The molecule has 646 valence electrons. The number of rotatable bonds is 20. The van der Waals surface area contributed by atoms with E-state index in [1.54, 1.807) is 21.9 Å². The number of benzene rings is 4. The number of nitrogens with one attached hydrogen (secondary N) is 3. The second-order valence-corrected chi connectivity index (χ2v) is 31.7. The molecule has 19 rings (SSSR count). The first-order valence-corrected chi connectivity index (χ1v) is 40.5. The monoisotopic (exact) mass is 1720 g/mol. The number of para-hydroxylation sites is 1. The number of amides is 4. The van der Waals surface area contributed by atoms with Gasteiger partial charge in [-0.05, 0) is 206 Å². The zero-order chi connectivity index (χ0) is 86.8. The molecule has 0 radical (unpaired) electrons. The van der Waals surface area contributed by atoms with Crippen molar-refractivity contribution < 1.29 is 76.9 Å². The molecule has 4 aromatic carbocycles. The number of pyridine rings is 2. The number of alkyl halides is 6. The van der Waals surface area contributed by atoms with Gasteiger partial charge in [-0.3, -0.25) is 19.2 Å². The third-order valence-corrected chi connectivity index (χ3v) is 24.2. The number of halogens is 11. The van der Waals surface area contributed by atoms with E-state index in [0.717, 1.165) is 100 Å². The maximum Gasteiger partial charge on any atom is 0.433 e. The summed E-state index contributed by atoms with van der Waals surface area (Å²) < 4.78 is 157. The lowest BCUT2D eigenvalue weighted by Gasteiger charge is -2.25. The number of carbonyl (C=O) groups is 4. The van der Waals surface area contributed by atoms with Gasteiger partial charge in [-0.25, -0.2) is 51.9 Å². The third kappa shape index (κ3) is 18.1. The molecule has 7 aromatic heterocycles. The van der Waals surface area contributed by atoms with Gasteiger partial charge in [0.25, 0.3) is 23.6 Å². The van der Waals surface area contributed by atoms with Gasteiger partial charge in [0.05, 0.1) is 96.4 Å². The summed E-state index contributed by atoms with van der Waals surface area (Å²) in [7, 11) is 1.36. The summed E-state index contributed by atoms with van der Waals surface area (Å²) in [5.41, 5.74) is 2.01. The van der Waals surface area contributed by atoms with Crippen LogP contribution in [0.15, 0.2) is 165 Å². The van der Waals surface area contributed by atoms with Crippen LogP contribution in [0.25, 0.3) is 17.1 Å². The van der Waals surface area contributed by atoms with Crippen molar-refractivity contribution >= 4 is 41.3 Å². The van der Waals surface area contributed by atoms with Crippen LogP contribution >= 0.6 is 0 Å². The van der Waals surface area contributed by atoms with Crippen molar-refractivity contribution in [3.63, 3.8) is 0 Å². The van der Waals surface area contributed by atoms with Crippen LogP contribution in [-0.2, 0) is 12.4 Å². The fourth-order valence-corrected chi connectivity index (χ4v) is 19.0. The minimum Gasteiger partial charge on any atom is -0.493 e. The topological polar surface area (TPSA) is 305 Å². The Hall–Kier alpha value is -13.1.